The van der Waals surface area contributed by atoms with Crippen molar-refractivity contribution in [1.29, 1.82) is 0 Å². The lowest BCUT2D eigenvalue weighted by Crippen LogP contribution is -2.46. The van der Waals surface area contributed by atoms with Crippen molar-refractivity contribution in [3.8, 4) is 0 Å². The van der Waals surface area contributed by atoms with E-state index in [9.17, 15) is 9.59 Å². The summed E-state index contributed by atoms with van der Waals surface area (Å²) in [6.45, 7) is 7.78. The Bertz CT molecular complexity index is 486. The summed E-state index contributed by atoms with van der Waals surface area (Å²) in [7, 11) is 0. The first-order chi connectivity index (χ1) is 7.70. The molecule has 1 aromatic rings. The van der Waals surface area contributed by atoms with Crippen LogP contribution in [0.1, 0.15) is 0 Å². The lowest BCUT2D eigenvalue weighted by Gasteiger charge is -2.10. The molecule has 0 unspecified atom stereocenters. The van der Waals surface area contributed by atoms with E-state index < -0.39 is 11.2 Å². The number of nitrogens with zero attached hydrogens (tertiary/aromatic N) is 2. The first-order valence-electron chi connectivity index (χ1n) is 4.75. The van der Waals surface area contributed by atoms with Gasteiger partial charge in [0.15, 0.2) is 0 Å². The SMILES string of the molecule is C=CCNn1ccc(=O)n(NCC=C)c1=O. The van der Waals surface area contributed by atoms with Crippen molar-refractivity contribution < 1.29 is 0 Å². The summed E-state index contributed by atoms with van der Waals surface area (Å²) in [5.74, 6) is 0. The molecule has 0 aliphatic carbocycles. The van der Waals surface area contributed by atoms with Gasteiger partial charge in [0, 0.05) is 25.4 Å². The summed E-state index contributed by atoms with van der Waals surface area (Å²) in [6.07, 6.45) is 4.54. The minimum absolute atomic E-state index is 0.334. The normalized spacial score (nSPS) is 9.50. The average Bonchev–Trinajstić information content (AvgIpc) is 2.28. The van der Waals surface area contributed by atoms with Crippen LogP contribution < -0.4 is 22.1 Å². The van der Waals surface area contributed by atoms with Gasteiger partial charge in [-0.15, -0.1) is 13.2 Å². The molecule has 0 spiro atoms. The van der Waals surface area contributed by atoms with Gasteiger partial charge >= 0.3 is 5.69 Å². The molecule has 16 heavy (non-hydrogen) atoms. The van der Waals surface area contributed by atoms with E-state index in [2.05, 4.69) is 24.0 Å². The van der Waals surface area contributed by atoms with Crippen molar-refractivity contribution in [2.75, 3.05) is 23.9 Å². The van der Waals surface area contributed by atoms with Crippen LogP contribution in [0, 0.1) is 0 Å². The maximum atomic E-state index is 11.7. The van der Waals surface area contributed by atoms with Gasteiger partial charge in [0.1, 0.15) is 0 Å². The fourth-order valence-corrected chi connectivity index (χ4v) is 1.06. The molecular weight excluding hydrogens is 208 g/mol. The van der Waals surface area contributed by atoms with Crippen LogP contribution in [0.4, 0.5) is 0 Å². The van der Waals surface area contributed by atoms with Gasteiger partial charge in [-0.1, -0.05) is 12.2 Å². The van der Waals surface area contributed by atoms with Gasteiger partial charge in [0.05, 0.1) is 0 Å². The fourth-order valence-electron chi connectivity index (χ4n) is 1.06. The van der Waals surface area contributed by atoms with E-state index in [0.717, 1.165) is 4.68 Å². The van der Waals surface area contributed by atoms with Crippen molar-refractivity contribution in [3.05, 3.63) is 58.4 Å². The summed E-state index contributed by atoms with van der Waals surface area (Å²) in [4.78, 5) is 23.1. The summed E-state index contributed by atoms with van der Waals surface area (Å²) in [5.41, 5.74) is 4.50. The number of rotatable bonds is 6. The lowest BCUT2D eigenvalue weighted by molar-refractivity contribution is 0.685. The first-order valence-corrected chi connectivity index (χ1v) is 4.75. The molecule has 0 aliphatic rings. The fraction of sp³-hybridized carbons (Fsp3) is 0.200. The van der Waals surface area contributed by atoms with E-state index in [1.165, 1.54) is 16.9 Å². The van der Waals surface area contributed by atoms with E-state index >= 15 is 0 Å². The van der Waals surface area contributed by atoms with E-state index in [4.69, 9.17) is 0 Å². The Kier molecular flexibility index (Phi) is 4.14. The molecule has 0 atom stereocenters. The Labute approximate surface area is 92.5 Å². The second-order valence-corrected chi connectivity index (χ2v) is 2.94. The molecule has 86 valence electrons. The van der Waals surface area contributed by atoms with Gasteiger partial charge in [-0.05, 0) is 0 Å². The highest BCUT2D eigenvalue weighted by molar-refractivity contribution is 4.94. The largest absolute Gasteiger partial charge is 0.368 e. The molecule has 1 aromatic heterocycles. The molecule has 0 saturated heterocycles. The third kappa shape index (κ3) is 2.63. The van der Waals surface area contributed by atoms with Crippen molar-refractivity contribution in [2.45, 2.75) is 0 Å². The molecule has 0 aromatic carbocycles. The number of hydrogen-bond donors (Lipinski definition) is 2. The molecular formula is C10H14N4O2. The highest BCUT2D eigenvalue weighted by Crippen LogP contribution is 1.73. The van der Waals surface area contributed by atoms with Crippen LogP contribution in [0.25, 0.3) is 0 Å². The Balaban J connectivity index is 3.06. The molecule has 0 amide bonds. The molecule has 0 saturated carbocycles. The van der Waals surface area contributed by atoms with Gasteiger partial charge < -0.3 is 10.9 Å². The molecule has 1 heterocycles. The van der Waals surface area contributed by atoms with Gasteiger partial charge in [-0.3, -0.25) is 4.79 Å². The standard InChI is InChI=1S/C10H14N4O2/c1-3-6-11-13-8-5-9(15)14(10(13)16)12-7-4-2/h3-5,8,11-12H,1-2,6-7H2. The maximum Gasteiger partial charge on any atom is 0.368 e. The third-order valence-corrected chi connectivity index (χ3v) is 1.78. The highest BCUT2D eigenvalue weighted by Gasteiger charge is 2.02. The summed E-state index contributed by atoms with van der Waals surface area (Å²) in [6, 6.07) is 1.29. The van der Waals surface area contributed by atoms with Crippen molar-refractivity contribution >= 4 is 0 Å². The zero-order chi connectivity index (χ0) is 12.0. The van der Waals surface area contributed by atoms with Crippen molar-refractivity contribution in [3.63, 3.8) is 0 Å². The van der Waals surface area contributed by atoms with Crippen LogP contribution in [-0.4, -0.2) is 22.4 Å². The van der Waals surface area contributed by atoms with Crippen molar-refractivity contribution in [1.82, 2.24) is 9.35 Å². The molecule has 0 radical (unpaired) electrons. The van der Waals surface area contributed by atoms with E-state index in [-0.39, 0.29) is 0 Å². The third-order valence-electron chi connectivity index (χ3n) is 1.78. The van der Waals surface area contributed by atoms with E-state index in [1.807, 2.05) is 0 Å². The minimum atomic E-state index is -0.490. The van der Waals surface area contributed by atoms with Crippen LogP contribution in [0.15, 0.2) is 47.2 Å². The van der Waals surface area contributed by atoms with Crippen LogP contribution >= 0.6 is 0 Å². The number of nitrogens with one attached hydrogen (secondary N) is 2. The summed E-state index contributed by atoms with van der Waals surface area (Å²) < 4.78 is 2.12. The van der Waals surface area contributed by atoms with Gasteiger partial charge in [-0.25, -0.2) is 9.47 Å². The molecule has 0 fully saturated rings. The lowest BCUT2D eigenvalue weighted by atomic mass is 10.6. The Hall–Kier alpha value is -2.24. The van der Waals surface area contributed by atoms with E-state index in [1.54, 1.807) is 12.2 Å². The highest BCUT2D eigenvalue weighted by atomic mass is 16.2. The molecule has 0 aliphatic heterocycles. The second-order valence-electron chi connectivity index (χ2n) is 2.94. The molecule has 0 bridgehead atoms. The van der Waals surface area contributed by atoms with Crippen LogP contribution in [-0.2, 0) is 0 Å². The van der Waals surface area contributed by atoms with Crippen LogP contribution in [0.2, 0.25) is 0 Å². The number of hydrogen-bond acceptors (Lipinski definition) is 4. The van der Waals surface area contributed by atoms with Crippen LogP contribution in [0.3, 0.4) is 0 Å². The predicted octanol–water partition coefficient (Wildman–Crippen LogP) is -0.531. The van der Waals surface area contributed by atoms with Crippen molar-refractivity contribution in [2.24, 2.45) is 0 Å². The zero-order valence-electron chi connectivity index (χ0n) is 8.85. The summed E-state index contributed by atoms with van der Waals surface area (Å²) in [5, 5.41) is 0. The van der Waals surface area contributed by atoms with Crippen LogP contribution in [0.5, 0.6) is 0 Å². The minimum Gasteiger partial charge on any atom is -0.318 e. The smallest absolute Gasteiger partial charge is 0.318 e. The van der Waals surface area contributed by atoms with Gasteiger partial charge in [0.25, 0.3) is 5.56 Å². The Morgan fingerprint density at radius 3 is 2.44 bits per heavy atom. The Morgan fingerprint density at radius 1 is 1.19 bits per heavy atom. The first kappa shape index (κ1) is 11.8. The quantitative estimate of drug-likeness (QED) is 0.635. The molecule has 2 N–H and O–H groups in total. The Morgan fingerprint density at radius 2 is 1.81 bits per heavy atom. The molecule has 6 heteroatoms. The topological polar surface area (TPSA) is 68.1 Å². The molecule has 1 rings (SSSR count). The van der Waals surface area contributed by atoms with Gasteiger partial charge in [0.2, 0.25) is 0 Å². The maximum absolute atomic E-state index is 11.7. The predicted molar refractivity (Wildman–Crippen MR) is 63.8 cm³/mol. The molecule has 6 nitrogen and oxygen atoms in total. The van der Waals surface area contributed by atoms with E-state index in [0.29, 0.717) is 13.1 Å². The zero-order valence-corrected chi connectivity index (χ0v) is 8.85. The monoisotopic (exact) mass is 222 g/mol. The summed E-state index contributed by atoms with van der Waals surface area (Å²) >= 11 is 0. The number of aromatic nitrogens is 2. The van der Waals surface area contributed by atoms with Gasteiger partial charge in [-0.2, -0.15) is 4.68 Å². The second kappa shape index (κ2) is 5.59. The average molecular weight is 222 g/mol.